The maximum atomic E-state index is 7.26. The lowest BCUT2D eigenvalue weighted by atomic mass is 10.0. The topological polar surface area (TPSA) is 84.0 Å². The molecule has 0 bridgehead atoms. The van der Waals surface area contributed by atoms with Crippen LogP contribution in [0, 0.1) is 12.3 Å². The summed E-state index contributed by atoms with van der Waals surface area (Å²) in [6.07, 6.45) is 1.71. The Balaban J connectivity index is 0.00000200. The standard InChI is InChI=1S/C14H16N4O.2ClH/c1-9-3-4-10(18-14(15)16)7-12(9)13-8-11(19-2)5-6-17-13;;/h3-8H,1-2H3,(H4,15,16,18);2*1H. The average molecular weight is 329 g/mol. The monoisotopic (exact) mass is 328 g/mol. The highest BCUT2D eigenvalue weighted by atomic mass is 35.5. The Labute approximate surface area is 136 Å². The molecule has 0 saturated heterocycles. The first-order valence-corrected chi connectivity index (χ1v) is 5.82. The van der Waals surface area contributed by atoms with Crippen molar-refractivity contribution in [2.24, 2.45) is 5.73 Å². The summed E-state index contributed by atoms with van der Waals surface area (Å²) in [6, 6.07) is 9.43. The molecule has 0 unspecified atom stereocenters. The molecule has 2 rings (SSSR count). The Kier molecular flexibility index (Phi) is 7.55. The number of pyridine rings is 1. The van der Waals surface area contributed by atoms with Gasteiger partial charge in [-0.25, -0.2) is 0 Å². The Hall–Kier alpha value is -1.98. The number of guanidine groups is 1. The van der Waals surface area contributed by atoms with Crippen LogP contribution >= 0.6 is 24.8 Å². The normalized spacial score (nSPS) is 9.05. The van der Waals surface area contributed by atoms with E-state index in [9.17, 15) is 0 Å². The van der Waals surface area contributed by atoms with Gasteiger partial charge < -0.3 is 15.8 Å². The summed E-state index contributed by atoms with van der Waals surface area (Å²) in [5, 5.41) is 10.0. The zero-order chi connectivity index (χ0) is 13.8. The maximum Gasteiger partial charge on any atom is 0.190 e. The fourth-order valence-electron chi connectivity index (χ4n) is 1.82. The molecule has 2 aromatic rings. The molecule has 0 spiro atoms. The van der Waals surface area contributed by atoms with E-state index in [1.165, 1.54) is 0 Å². The quantitative estimate of drug-likeness (QED) is 0.596. The molecular weight excluding hydrogens is 311 g/mol. The molecule has 1 heterocycles. The van der Waals surface area contributed by atoms with Gasteiger partial charge in [0, 0.05) is 23.5 Å². The Morgan fingerprint density at radius 2 is 1.95 bits per heavy atom. The van der Waals surface area contributed by atoms with E-state index in [0.29, 0.717) is 0 Å². The zero-order valence-electron chi connectivity index (χ0n) is 11.7. The number of halogens is 2. The summed E-state index contributed by atoms with van der Waals surface area (Å²) in [4.78, 5) is 4.35. The number of nitrogens with two attached hydrogens (primary N) is 1. The number of ether oxygens (including phenoxy) is 1. The van der Waals surface area contributed by atoms with Gasteiger partial charge in [-0.05, 0) is 30.7 Å². The smallest absolute Gasteiger partial charge is 0.190 e. The molecule has 1 aromatic heterocycles. The first-order valence-electron chi connectivity index (χ1n) is 5.82. The minimum atomic E-state index is -0.0894. The van der Waals surface area contributed by atoms with Crippen LogP contribution in [-0.4, -0.2) is 18.1 Å². The molecule has 21 heavy (non-hydrogen) atoms. The van der Waals surface area contributed by atoms with Crippen LogP contribution < -0.4 is 15.8 Å². The van der Waals surface area contributed by atoms with Gasteiger partial charge in [0.2, 0.25) is 0 Å². The first kappa shape index (κ1) is 19.0. The second kappa shape index (κ2) is 8.34. The summed E-state index contributed by atoms with van der Waals surface area (Å²) in [7, 11) is 1.62. The minimum Gasteiger partial charge on any atom is -0.497 e. The summed E-state index contributed by atoms with van der Waals surface area (Å²) < 4.78 is 5.20. The molecule has 0 fully saturated rings. The highest BCUT2D eigenvalue weighted by molar-refractivity contribution is 5.90. The van der Waals surface area contributed by atoms with Gasteiger partial charge in [-0.2, -0.15) is 0 Å². The van der Waals surface area contributed by atoms with E-state index in [-0.39, 0.29) is 30.8 Å². The first-order chi connectivity index (χ1) is 9.10. The number of rotatable bonds is 3. The van der Waals surface area contributed by atoms with Gasteiger partial charge in [0.05, 0.1) is 12.8 Å². The molecule has 0 amide bonds. The third kappa shape index (κ3) is 4.81. The van der Waals surface area contributed by atoms with E-state index in [1.807, 2.05) is 31.2 Å². The van der Waals surface area contributed by atoms with Crippen LogP contribution in [-0.2, 0) is 0 Å². The lowest BCUT2D eigenvalue weighted by molar-refractivity contribution is 0.414. The summed E-state index contributed by atoms with van der Waals surface area (Å²) in [6.45, 7) is 2.01. The fourth-order valence-corrected chi connectivity index (χ4v) is 1.82. The van der Waals surface area contributed by atoms with E-state index < -0.39 is 0 Å². The molecule has 0 saturated carbocycles. The van der Waals surface area contributed by atoms with E-state index in [1.54, 1.807) is 19.4 Å². The fraction of sp³-hybridized carbons (Fsp3) is 0.143. The van der Waals surface area contributed by atoms with Gasteiger partial charge in [-0.3, -0.25) is 10.4 Å². The predicted molar refractivity (Wildman–Crippen MR) is 91.0 cm³/mol. The van der Waals surface area contributed by atoms with Gasteiger partial charge in [-0.15, -0.1) is 24.8 Å². The molecular formula is C14H18Cl2N4O. The summed E-state index contributed by atoms with van der Waals surface area (Å²) in [5.41, 5.74) is 8.99. The molecule has 5 nitrogen and oxygen atoms in total. The van der Waals surface area contributed by atoms with Crippen LogP contribution in [0.4, 0.5) is 5.69 Å². The van der Waals surface area contributed by atoms with Crippen LogP contribution in [0.25, 0.3) is 11.3 Å². The second-order valence-corrected chi connectivity index (χ2v) is 4.15. The predicted octanol–water partition coefficient (Wildman–Crippen LogP) is 3.21. The average Bonchev–Trinajstić information content (AvgIpc) is 2.40. The molecule has 0 aliphatic carbocycles. The lowest BCUT2D eigenvalue weighted by Gasteiger charge is -2.10. The van der Waals surface area contributed by atoms with Gasteiger partial charge in [0.1, 0.15) is 5.75 Å². The van der Waals surface area contributed by atoms with E-state index >= 15 is 0 Å². The van der Waals surface area contributed by atoms with Crippen molar-refractivity contribution in [1.29, 1.82) is 5.41 Å². The van der Waals surface area contributed by atoms with Gasteiger partial charge in [0.25, 0.3) is 0 Å². The van der Waals surface area contributed by atoms with Crippen molar-refractivity contribution in [3.8, 4) is 17.0 Å². The van der Waals surface area contributed by atoms with Gasteiger partial charge in [0.15, 0.2) is 5.96 Å². The Morgan fingerprint density at radius 3 is 2.57 bits per heavy atom. The molecule has 0 aliphatic heterocycles. The number of nitrogens with zero attached hydrogens (tertiary/aromatic N) is 1. The van der Waals surface area contributed by atoms with Crippen LogP contribution in [0.2, 0.25) is 0 Å². The van der Waals surface area contributed by atoms with Crippen LogP contribution in [0.5, 0.6) is 5.75 Å². The van der Waals surface area contributed by atoms with Crippen LogP contribution in [0.1, 0.15) is 5.56 Å². The number of aryl methyl sites for hydroxylation is 1. The summed E-state index contributed by atoms with van der Waals surface area (Å²) in [5.74, 6) is 0.669. The number of hydrogen-bond donors (Lipinski definition) is 3. The number of nitrogens with one attached hydrogen (secondary N) is 2. The summed E-state index contributed by atoms with van der Waals surface area (Å²) >= 11 is 0. The van der Waals surface area contributed by atoms with Crippen molar-refractivity contribution in [1.82, 2.24) is 4.98 Å². The highest BCUT2D eigenvalue weighted by Crippen LogP contribution is 2.27. The number of benzene rings is 1. The third-order valence-corrected chi connectivity index (χ3v) is 2.76. The third-order valence-electron chi connectivity index (χ3n) is 2.76. The maximum absolute atomic E-state index is 7.26. The molecule has 0 radical (unpaired) electrons. The number of anilines is 1. The molecule has 4 N–H and O–H groups in total. The number of aromatic nitrogens is 1. The molecule has 114 valence electrons. The Morgan fingerprint density at radius 1 is 1.24 bits per heavy atom. The van der Waals surface area contributed by atoms with E-state index in [2.05, 4.69) is 10.3 Å². The molecule has 7 heteroatoms. The minimum absolute atomic E-state index is 0. The van der Waals surface area contributed by atoms with Crippen molar-refractivity contribution in [2.45, 2.75) is 6.92 Å². The SMILES string of the molecule is COc1ccnc(-c2cc(NC(=N)N)ccc2C)c1.Cl.Cl. The van der Waals surface area contributed by atoms with Gasteiger partial charge >= 0.3 is 0 Å². The van der Waals surface area contributed by atoms with Crippen molar-refractivity contribution in [3.63, 3.8) is 0 Å². The molecule has 0 aliphatic rings. The van der Waals surface area contributed by atoms with Crippen LogP contribution in [0.15, 0.2) is 36.5 Å². The second-order valence-electron chi connectivity index (χ2n) is 4.15. The van der Waals surface area contributed by atoms with E-state index in [4.69, 9.17) is 15.9 Å². The van der Waals surface area contributed by atoms with Crippen molar-refractivity contribution in [2.75, 3.05) is 12.4 Å². The molecule has 0 atom stereocenters. The van der Waals surface area contributed by atoms with Gasteiger partial charge in [-0.1, -0.05) is 6.07 Å². The van der Waals surface area contributed by atoms with Crippen molar-refractivity contribution < 1.29 is 4.74 Å². The zero-order valence-corrected chi connectivity index (χ0v) is 13.3. The largest absolute Gasteiger partial charge is 0.497 e. The number of methoxy groups -OCH3 is 1. The van der Waals surface area contributed by atoms with E-state index in [0.717, 1.165) is 28.3 Å². The molecule has 1 aromatic carbocycles. The van der Waals surface area contributed by atoms with Crippen molar-refractivity contribution in [3.05, 3.63) is 42.1 Å². The lowest BCUT2D eigenvalue weighted by Crippen LogP contribution is -2.20. The highest BCUT2D eigenvalue weighted by Gasteiger charge is 2.06. The number of hydrogen-bond acceptors (Lipinski definition) is 3. The van der Waals surface area contributed by atoms with Crippen LogP contribution in [0.3, 0.4) is 0 Å². The Bertz CT molecular complexity index is 620. The van der Waals surface area contributed by atoms with Crippen molar-refractivity contribution >= 4 is 36.5 Å².